The summed E-state index contributed by atoms with van der Waals surface area (Å²) < 4.78 is 0. The Kier molecular flexibility index (Phi) is 4.12. The normalized spacial score (nSPS) is 10.1. The molecule has 14 heavy (non-hydrogen) atoms. The molecule has 0 radical (unpaired) electrons. The van der Waals surface area contributed by atoms with Gasteiger partial charge in [-0.25, -0.2) is 4.98 Å². The van der Waals surface area contributed by atoms with Gasteiger partial charge < -0.3 is 5.11 Å². The van der Waals surface area contributed by atoms with E-state index >= 15 is 0 Å². The Labute approximate surface area is 89.3 Å². The molecule has 0 aliphatic carbocycles. The third-order valence-corrected chi connectivity index (χ3v) is 2.39. The Morgan fingerprint density at radius 2 is 2.36 bits per heavy atom. The van der Waals surface area contributed by atoms with Crippen LogP contribution in [-0.2, 0) is 0 Å². The van der Waals surface area contributed by atoms with Gasteiger partial charge in [-0.15, -0.1) is 11.8 Å². The molecule has 0 atom stereocenters. The lowest BCUT2D eigenvalue weighted by molar-refractivity contribution is -0.385. The Morgan fingerprint density at radius 3 is 2.93 bits per heavy atom. The minimum Gasteiger partial charge on any atom is -0.396 e. The molecule has 1 heterocycles. The topological polar surface area (TPSA) is 76.3 Å². The van der Waals surface area contributed by atoms with E-state index < -0.39 is 4.92 Å². The molecule has 0 unspecified atom stereocenters. The van der Waals surface area contributed by atoms with Crippen molar-refractivity contribution < 1.29 is 10.0 Å². The molecule has 0 saturated carbocycles. The molecule has 0 spiro atoms. The molecular weight excluding hydrogens is 228 g/mol. The van der Waals surface area contributed by atoms with E-state index in [1.54, 1.807) is 0 Å². The van der Waals surface area contributed by atoms with Crippen molar-refractivity contribution in [1.29, 1.82) is 0 Å². The van der Waals surface area contributed by atoms with Crippen LogP contribution in [0.2, 0.25) is 5.15 Å². The van der Waals surface area contributed by atoms with Gasteiger partial charge in [0.2, 0.25) is 0 Å². The first kappa shape index (κ1) is 11.2. The number of aromatic nitrogens is 1. The summed E-state index contributed by atoms with van der Waals surface area (Å²) in [5.74, 6) is 0.435. The number of aliphatic hydroxyl groups is 1. The molecule has 76 valence electrons. The van der Waals surface area contributed by atoms with Crippen molar-refractivity contribution in [1.82, 2.24) is 4.98 Å². The van der Waals surface area contributed by atoms with Gasteiger partial charge in [0.15, 0.2) is 0 Å². The largest absolute Gasteiger partial charge is 0.396 e. The second-order valence-electron chi connectivity index (χ2n) is 2.32. The van der Waals surface area contributed by atoms with Crippen LogP contribution in [0.25, 0.3) is 0 Å². The van der Waals surface area contributed by atoms with Crippen LogP contribution >= 0.6 is 23.4 Å². The van der Waals surface area contributed by atoms with Gasteiger partial charge in [-0.05, 0) is 0 Å². The lowest BCUT2D eigenvalue weighted by Gasteiger charge is -1.99. The number of aliphatic hydroxyl groups excluding tert-OH is 1. The lowest BCUT2D eigenvalue weighted by atomic mass is 10.4. The Morgan fingerprint density at radius 1 is 1.64 bits per heavy atom. The van der Waals surface area contributed by atoms with Crippen molar-refractivity contribution in [2.24, 2.45) is 0 Å². The molecular formula is C7H7ClN2O3S. The molecule has 0 fully saturated rings. The number of halogens is 1. The molecule has 0 bridgehead atoms. The number of thioether (sulfide) groups is 1. The van der Waals surface area contributed by atoms with E-state index in [9.17, 15) is 10.1 Å². The van der Waals surface area contributed by atoms with E-state index in [1.807, 2.05) is 0 Å². The molecule has 1 aromatic heterocycles. The summed E-state index contributed by atoms with van der Waals surface area (Å²) in [6.45, 7) is -0.00728. The van der Waals surface area contributed by atoms with Gasteiger partial charge in [-0.2, -0.15) is 0 Å². The van der Waals surface area contributed by atoms with E-state index in [1.165, 1.54) is 23.9 Å². The molecule has 0 aliphatic heterocycles. The second kappa shape index (κ2) is 5.14. The van der Waals surface area contributed by atoms with Crippen LogP contribution in [0.3, 0.4) is 0 Å². The molecule has 1 aromatic rings. The third kappa shape index (κ3) is 3.13. The van der Waals surface area contributed by atoms with Gasteiger partial charge in [0.25, 0.3) is 5.69 Å². The average Bonchev–Trinajstić information content (AvgIpc) is 2.14. The quantitative estimate of drug-likeness (QED) is 0.372. The van der Waals surface area contributed by atoms with E-state index in [-0.39, 0.29) is 17.4 Å². The summed E-state index contributed by atoms with van der Waals surface area (Å²) in [5.41, 5.74) is -0.0922. The van der Waals surface area contributed by atoms with Crippen LogP contribution in [0.5, 0.6) is 0 Å². The predicted octanol–water partition coefficient (Wildman–Crippen LogP) is 1.73. The smallest absolute Gasteiger partial charge is 0.275 e. The van der Waals surface area contributed by atoms with Crippen LogP contribution in [-0.4, -0.2) is 27.4 Å². The second-order valence-corrected chi connectivity index (χ2v) is 3.82. The summed E-state index contributed by atoms with van der Waals surface area (Å²) in [6.07, 6.45) is 0. The molecule has 5 nitrogen and oxygen atoms in total. The first-order valence-corrected chi connectivity index (χ1v) is 5.05. The highest BCUT2D eigenvalue weighted by atomic mass is 35.5. The summed E-state index contributed by atoms with van der Waals surface area (Å²) >= 11 is 6.80. The Hall–Kier alpha value is -0.850. The molecule has 7 heteroatoms. The van der Waals surface area contributed by atoms with Gasteiger partial charge in [-0.3, -0.25) is 10.1 Å². The number of hydrogen-bond donors (Lipinski definition) is 1. The Bertz CT molecular complexity index is 348. The van der Waals surface area contributed by atoms with E-state index in [0.29, 0.717) is 10.8 Å². The lowest BCUT2D eigenvalue weighted by Crippen LogP contribution is -1.92. The van der Waals surface area contributed by atoms with Crippen LogP contribution in [0.1, 0.15) is 0 Å². The number of nitro groups is 1. The predicted molar refractivity (Wildman–Crippen MR) is 53.7 cm³/mol. The van der Waals surface area contributed by atoms with Gasteiger partial charge in [-0.1, -0.05) is 11.6 Å². The van der Waals surface area contributed by atoms with Crippen LogP contribution in [0, 0.1) is 10.1 Å². The summed E-state index contributed by atoms with van der Waals surface area (Å²) in [7, 11) is 0. The molecule has 1 rings (SSSR count). The van der Waals surface area contributed by atoms with Gasteiger partial charge in [0, 0.05) is 11.8 Å². The van der Waals surface area contributed by atoms with Crippen molar-refractivity contribution in [3.63, 3.8) is 0 Å². The molecule has 0 aromatic carbocycles. The summed E-state index contributed by atoms with van der Waals surface area (Å²) in [5, 5.41) is 19.5. The van der Waals surface area contributed by atoms with Crippen molar-refractivity contribution in [2.45, 2.75) is 5.03 Å². The zero-order valence-corrected chi connectivity index (χ0v) is 8.59. The number of pyridine rings is 1. The van der Waals surface area contributed by atoms with Crippen molar-refractivity contribution in [3.05, 3.63) is 27.4 Å². The van der Waals surface area contributed by atoms with Crippen LogP contribution in [0.4, 0.5) is 5.69 Å². The third-order valence-electron chi connectivity index (χ3n) is 1.31. The SMILES string of the molecule is O=[N+]([O-])c1cc(Cl)nc(SCCO)c1. The maximum atomic E-state index is 10.4. The van der Waals surface area contributed by atoms with Gasteiger partial charge in [0.1, 0.15) is 10.2 Å². The number of nitrogens with zero attached hydrogens (tertiary/aromatic N) is 2. The highest BCUT2D eigenvalue weighted by molar-refractivity contribution is 7.99. The van der Waals surface area contributed by atoms with Crippen molar-refractivity contribution >= 4 is 29.1 Å². The fraction of sp³-hybridized carbons (Fsp3) is 0.286. The van der Waals surface area contributed by atoms with E-state index in [2.05, 4.69) is 4.98 Å². The number of rotatable bonds is 4. The Balaban J connectivity index is 2.89. The first-order valence-electron chi connectivity index (χ1n) is 3.69. The van der Waals surface area contributed by atoms with E-state index in [4.69, 9.17) is 16.7 Å². The molecule has 1 N–H and O–H groups in total. The first-order chi connectivity index (χ1) is 6.63. The highest BCUT2D eigenvalue weighted by Crippen LogP contribution is 2.23. The fourth-order valence-electron chi connectivity index (χ4n) is 0.790. The van der Waals surface area contributed by atoms with Gasteiger partial charge in [0.05, 0.1) is 17.6 Å². The maximum Gasteiger partial charge on any atom is 0.275 e. The standard InChI is InChI=1S/C7H7ClN2O3S/c8-6-3-5(10(12)13)4-7(9-6)14-2-1-11/h3-4,11H,1-2H2. The van der Waals surface area contributed by atoms with Crippen LogP contribution in [0.15, 0.2) is 17.2 Å². The van der Waals surface area contributed by atoms with Crippen LogP contribution < -0.4 is 0 Å². The average molecular weight is 235 g/mol. The zero-order valence-electron chi connectivity index (χ0n) is 7.01. The molecule has 0 saturated heterocycles. The fourth-order valence-corrected chi connectivity index (χ4v) is 1.71. The number of hydrogen-bond acceptors (Lipinski definition) is 5. The summed E-state index contributed by atoms with van der Waals surface area (Å²) in [6, 6.07) is 2.51. The van der Waals surface area contributed by atoms with Crippen molar-refractivity contribution in [2.75, 3.05) is 12.4 Å². The maximum absolute atomic E-state index is 10.4. The molecule has 0 aliphatic rings. The highest BCUT2D eigenvalue weighted by Gasteiger charge is 2.10. The zero-order chi connectivity index (χ0) is 10.6. The summed E-state index contributed by atoms with van der Waals surface area (Å²) in [4.78, 5) is 13.8. The minimum absolute atomic E-state index is 0.00728. The minimum atomic E-state index is -0.531. The van der Waals surface area contributed by atoms with E-state index in [0.717, 1.165) is 0 Å². The van der Waals surface area contributed by atoms with Crippen molar-refractivity contribution in [3.8, 4) is 0 Å². The molecule has 0 amide bonds. The monoisotopic (exact) mass is 234 g/mol. The van der Waals surface area contributed by atoms with Gasteiger partial charge >= 0.3 is 0 Å².